The van der Waals surface area contributed by atoms with Crippen LogP contribution in [-0.2, 0) is 17.9 Å². The van der Waals surface area contributed by atoms with Gasteiger partial charge in [-0.15, -0.1) is 0 Å². The summed E-state index contributed by atoms with van der Waals surface area (Å²) in [6.45, 7) is 4.68. The molecule has 0 fully saturated rings. The first-order valence-corrected chi connectivity index (χ1v) is 10.5. The number of methoxy groups -OCH3 is 1. The van der Waals surface area contributed by atoms with Crippen LogP contribution in [0.4, 0.5) is 0 Å². The van der Waals surface area contributed by atoms with Gasteiger partial charge in [0, 0.05) is 49.8 Å². The predicted molar refractivity (Wildman–Crippen MR) is 119 cm³/mol. The molecule has 1 aliphatic rings. The fourth-order valence-electron chi connectivity index (χ4n) is 3.84. The molecule has 1 atom stereocenters. The maximum absolute atomic E-state index is 12.5. The highest BCUT2D eigenvalue weighted by Crippen LogP contribution is 2.29. The molecule has 0 saturated heterocycles. The van der Waals surface area contributed by atoms with Crippen molar-refractivity contribution in [2.24, 2.45) is 0 Å². The number of carbonyl (C=O) groups excluding carboxylic acids is 1. The molecule has 1 aromatic heterocycles. The van der Waals surface area contributed by atoms with E-state index < -0.39 is 0 Å². The molecule has 4 rings (SSSR count). The molecule has 7 heteroatoms. The second kappa shape index (κ2) is 9.66. The molecule has 2 aromatic carbocycles. The molecular formula is C24H28N4O3. The van der Waals surface area contributed by atoms with E-state index in [9.17, 15) is 4.79 Å². The van der Waals surface area contributed by atoms with Crippen LogP contribution in [0.5, 0.6) is 11.5 Å². The van der Waals surface area contributed by atoms with Crippen molar-refractivity contribution in [3.63, 3.8) is 0 Å². The summed E-state index contributed by atoms with van der Waals surface area (Å²) in [5.41, 5.74) is 4.07. The molecule has 0 saturated carbocycles. The van der Waals surface area contributed by atoms with Crippen LogP contribution in [0.3, 0.4) is 0 Å². The Morgan fingerprint density at radius 3 is 2.94 bits per heavy atom. The van der Waals surface area contributed by atoms with Crippen LogP contribution < -0.4 is 14.8 Å². The van der Waals surface area contributed by atoms with Gasteiger partial charge >= 0.3 is 0 Å². The summed E-state index contributed by atoms with van der Waals surface area (Å²) in [6, 6.07) is 15.9. The molecule has 7 nitrogen and oxygen atoms in total. The summed E-state index contributed by atoms with van der Waals surface area (Å²) in [5, 5.41) is 10.2. The molecule has 2 N–H and O–H groups in total. The number of aromatic nitrogens is 2. The number of hydrogen-bond donors (Lipinski definition) is 2. The molecule has 0 unspecified atom stereocenters. The Kier molecular flexibility index (Phi) is 6.52. The van der Waals surface area contributed by atoms with Gasteiger partial charge in [0.2, 0.25) is 5.91 Å². The number of rotatable bonds is 7. The Hall–Kier alpha value is -3.32. The number of ether oxygens (including phenoxy) is 2. The van der Waals surface area contributed by atoms with Gasteiger partial charge in [0.15, 0.2) is 0 Å². The van der Waals surface area contributed by atoms with E-state index in [0.29, 0.717) is 19.5 Å². The highest BCUT2D eigenvalue weighted by molar-refractivity contribution is 5.76. The summed E-state index contributed by atoms with van der Waals surface area (Å²) < 4.78 is 11.4. The minimum absolute atomic E-state index is 0.0213. The van der Waals surface area contributed by atoms with Gasteiger partial charge in [0.1, 0.15) is 17.6 Å². The average Bonchev–Trinajstić information content (AvgIpc) is 3.19. The lowest BCUT2D eigenvalue weighted by Crippen LogP contribution is -2.34. The summed E-state index contributed by atoms with van der Waals surface area (Å²) in [6.07, 6.45) is 2.23. The first-order chi connectivity index (χ1) is 15.1. The van der Waals surface area contributed by atoms with E-state index >= 15 is 0 Å². The number of nitrogens with one attached hydrogen (secondary N) is 2. The number of carbonyl (C=O) groups is 1. The molecule has 1 amide bonds. The van der Waals surface area contributed by atoms with Crippen LogP contribution in [0.25, 0.3) is 11.3 Å². The summed E-state index contributed by atoms with van der Waals surface area (Å²) >= 11 is 0. The molecule has 2 heterocycles. The zero-order valence-electron chi connectivity index (χ0n) is 17.9. The molecular weight excluding hydrogens is 392 g/mol. The largest absolute Gasteiger partial charge is 0.497 e. The van der Waals surface area contributed by atoms with Gasteiger partial charge in [-0.2, -0.15) is 5.10 Å². The Balaban J connectivity index is 1.31. The van der Waals surface area contributed by atoms with Gasteiger partial charge in [-0.25, -0.2) is 0 Å². The van der Waals surface area contributed by atoms with E-state index in [2.05, 4.69) is 20.4 Å². The predicted octanol–water partition coefficient (Wildman–Crippen LogP) is 3.37. The standard InChI is InChI=1S/C24H28N4O3/c1-17-15-28(16-19-8-9-21(30-2)12-22(19)31-17)11-10-23(29)25-13-20-14-26-27-24(20)18-6-4-3-5-7-18/h3-9,12,14,17H,10-11,13,15-16H2,1-2H3,(H,25,29)(H,26,27)/t17-/m0/s1. The van der Waals surface area contributed by atoms with Gasteiger partial charge < -0.3 is 14.8 Å². The number of fused-ring (bicyclic) bond motifs is 1. The smallest absolute Gasteiger partial charge is 0.221 e. The number of benzene rings is 2. The van der Waals surface area contributed by atoms with E-state index in [-0.39, 0.29) is 12.0 Å². The zero-order chi connectivity index (χ0) is 21.6. The molecule has 0 spiro atoms. The Morgan fingerprint density at radius 2 is 2.13 bits per heavy atom. The third-order valence-electron chi connectivity index (χ3n) is 5.42. The van der Waals surface area contributed by atoms with Crippen molar-refractivity contribution in [1.82, 2.24) is 20.4 Å². The first-order valence-electron chi connectivity index (χ1n) is 10.5. The zero-order valence-corrected chi connectivity index (χ0v) is 17.9. The van der Waals surface area contributed by atoms with Crippen molar-refractivity contribution < 1.29 is 14.3 Å². The normalized spacial score (nSPS) is 16.1. The van der Waals surface area contributed by atoms with Gasteiger partial charge in [0.25, 0.3) is 0 Å². The van der Waals surface area contributed by atoms with Crippen LogP contribution in [0, 0.1) is 0 Å². The highest BCUT2D eigenvalue weighted by Gasteiger charge is 2.21. The van der Waals surface area contributed by atoms with Gasteiger partial charge in [-0.3, -0.25) is 14.8 Å². The number of H-pyrrole nitrogens is 1. The molecule has 1 aliphatic heterocycles. The molecule has 3 aromatic rings. The SMILES string of the molecule is COc1ccc2c(c1)O[C@@H](C)CN(CCC(=O)NCc1cn[nH]c1-c1ccccc1)C2. The molecule has 31 heavy (non-hydrogen) atoms. The van der Waals surface area contributed by atoms with E-state index in [4.69, 9.17) is 9.47 Å². The summed E-state index contributed by atoms with van der Waals surface area (Å²) in [5.74, 6) is 1.66. The second-order valence-corrected chi connectivity index (χ2v) is 7.80. The first kappa shape index (κ1) is 20.9. The van der Waals surface area contributed by atoms with Crippen LogP contribution in [0.15, 0.2) is 54.7 Å². The van der Waals surface area contributed by atoms with Crippen LogP contribution in [0.1, 0.15) is 24.5 Å². The second-order valence-electron chi connectivity index (χ2n) is 7.80. The Labute approximate surface area is 182 Å². The van der Waals surface area contributed by atoms with Crippen molar-refractivity contribution in [3.8, 4) is 22.8 Å². The Bertz CT molecular complexity index is 1020. The van der Waals surface area contributed by atoms with Crippen LogP contribution >= 0.6 is 0 Å². The maximum Gasteiger partial charge on any atom is 0.221 e. The average molecular weight is 421 g/mol. The third kappa shape index (κ3) is 5.24. The Morgan fingerprint density at radius 1 is 1.29 bits per heavy atom. The fourth-order valence-corrected chi connectivity index (χ4v) is 3.84. The lowest BCUT2D eigenvalue weighted by molar-refractivity contribution is -0.121. The third-order valence-corrected chi connectivity index (χ3v) is 5.42. The van der Waals surface area contributed by atoms with Gasteiger partial charge in [-0.05, 0) is 18.6 Å². The van der Waals surface area contributed by atoms with E-state index in [1.807, 2.05) is 55.5 Å². The number of amides is 1. The van der Waals surface area contributed by atoms with Crippen LogP contribution in [0.2, 0.25) is 0 Å². The quantitative estimate of drug-likeness (QED) is 0.613. The monoisotopic (exact) mass is 420 g/mol. The molecule has 0 radical (unpaired) electrons. The maximum atomic E-state index is 12.5. The van der Waals surface area contributed by atoms with Gasteiger partial charge in [-0.1, -0.05) is 36.4 Å². The van der Waals surface area contributed by atoms with Crippen molar-refractivity contribution in [3.05, 3.63) is 65.9 Å². The van der Waals surface area contributed by atoms with E-state index in [0.717, 1.165) is 47.0 Å². The molecule has 162 valence electrons. The van der Waals surface area contributed by atoms with Crippen molar-refractivity contribution in [1.29, 1.82) is 0 Å². The van der Waals surface area contributed by atoms with E-state index in [1.165, 1.54) is 0 Å². The molecule has 0 aliphatic carbocycles. The summed E-state index contributed by atoms with van der Waals surface area (Å²) in [7, 11) is 1.65. The van der Waals surface area contributed by atoms with Crippen molar-refractivity contribution in [2.75, 3.05) is 20.2 Å². The van der Waals surface area contributed by atoms with Crippen molar-refractivity contribution in [2.45, 2.75) is 32.5 Å². The minimum atomic E-state index is 0.0213. The van der Waals surface area contributed by atoms with E-state index in [1.54, 1.807) is 13.3 Å². The highest BCUT2D eigenvalue weighted by atomic mass is 16.5. The lowest BCUT2D eigenvalue weighted by Gasteiger charge is -2.21. The minimum Gasteiger partial charge on any atom is -0.497 e. The lowest BCUT2D eigenvalue weighted by atomic mass is 10.1. The number of nitrogens with zero attached hydrogens (tertiary/aromatic N) is 2. The molecule has 0 bridgehead atoms. The fraction of sp³-hybridized carbons (Fsp3) is 0.333. The number of aromatic amines is 1. The van der Waals surface area contributed by atoms with Crippen molar-refractivity contribution >= 4 is 5.91 Å². The van der Waals surface area contributed by atoms with Gasteiger partial charge in [0.05, 0.1) is 19.0 Å². The van der Waals surface area contributed by atoms with Crippen LogP contribution in [-0.4, -0.2) is 47.3 Å². The topological polar surface area (TPSA) is 79.5 Å². The summed E-state index contributed by atoms with van der Waals surface area (Å²) in [4.78, 5) is 14.8. The number of hydrogen-bond acceptors (Lipinski definition) is 5.